The molecule has 1 heteroatoms. The maximum absolute atomic E-state index is 2.72. The van der Waals surface area contributed by atoms with E-state index in [-0.39, 0.29) is 0 Å². The van der Waals surface area contributed by atoms with Crippen LogP contribution in [0.1, 0.15) is 44.9 Å². The lowest BCUT2D eigenvalue weighted by molar-refractivity contribution is 0.412. The van der Waals surface area contributed by atoms with Gasteiger partial charge in [0.05, 0.1) is 0 Å². The Labute approximate surface area is 98.5 Å². The zero-order chi connectivity index (χ0) is 10.8. The maximum Gasteiger partial charge on any atom is 0.0371 e. The van der Waals surface area contributed by atoms with Gasteiger partial charge >= 0.3 is 0 Å². The Balaban J connectivity index is 1.80. The molecular weight excluding hydrogens is 194 g/mol. The molecule has 0 aliphatic heterocycles. The Morgan fingerprint density at radius 2 is 1.38 bits per heavy atom. The summed E-state index contributed by atoms with van der Waals surface area (Å²) < 4.78 is 0. The Hall–Kier alpha value is -0.980. The molecule has 2 aliphatic rings. The number of hydrogen-bond acceptors (Lipinski definition) is 1. The Bertz CT molecular complexity index is 323. The Morgan fingerprint density at radius 1 is 0.750 bits per heavy atom. The summed E-state index contributed by atoms with van der Waals surface area (Å²) in [5.74, 6) is 0. The molecule has 0 atom stereocenters. The van der Waals surface area contributed by atoms with Gasteiger partial charge in [-0.15, -0.1) is 0 Å². The number of benzene rings is 1. The lowest BCUT2D eigenvalue weighted by Gasteiger charge is -2.36. The van der Waals surface area contributed by atoms with Crippen LogP contribution in [0.2, 0.25) is 0 Å². The summed E-state index contributed by atoms with van der Waals surface area (Å²) in [6, 6.07) is 12.7. The van der Waals surface area contributed by atoms with Gasteiger partial charge in [0.25, 0.3) is 0 Å². The van der Waals surface area contributed by atoms with Crippen molar-refractivity contribution in [3.63, 3.8) is 0 Å². The quantitative estimate of drug-likeness (QED) is 0.737. The maximum atomic E-state index is 2.72. The number of anilines is 1. The summed E-state index contributed by atoms with van der Waals surface area (Å²) in [4.78, 5) is 2.72. The molecule has 0 N–H and O–H groups in total. The highest BCUT2D eigenvalue weighted by Crippen LogP contribution is 2.37. The van der Waals surface area contributed by atoms with Gasteiger partial charge < -0.3 is 4.90 Å². The molecule has 0 spiro atoms. The van der Waals surface area contributed by atoms with Crippen molar-refractivity contribution in [3.8, 4) is 0 Å². The minimum Gasteiger partial charge on any atom is -0.366 e. The van der Waals surface area contributed by atoms with Gasteiger partial charge in [-0.2, -0.15) is 0 Å². The van der Waals surface area contributed by atoms with Crippen molar-refractivity contribution >= 4 is 5.69 Å². The van der Waals surface area contributed by atoms with Crippen LogP contribution in [-0.4, -0.2) is 12.1 Å². The van der Waals surface area contributed by atoms with Crippen molar-refractivity contribution in [2.24, 2.45) is 0 Å². The van der Waals surface area contributed by atoms with E-state index < -0.39 is 0 Å². The highest BCUT2D eigenvalue weighted by molar-refractivity contribution is 5.49. The smallest absolute Gasteiger partial charge is 0.0371 e. The predicted molar refractivity (Wildman–Crippen MR) is 68.8 cm³/mol. The second-order valence-electron chi connectivity index (χ2n) is 5.27. The average molecular weight is 215 g/mol. The zero-order valence-corrected chi connectivity index (χ0v) is 9.94. The van der Waals surface area contributed by atoms with E-state index in [2.05, 4.69) is 35.2 Å². The van der Waals surface area contributed by atoms with Crippen molar-refractivity contribution in [1.82, 2.24) is 0 Å². The number of rotatable bonds is 3. The van der Waals surface area contributed by atoms with Gasteiger partial charge in [0.1, 0.15) is 0 Å². The molecule has 0 bridgehead atoms. The first kappa shape index (κ1) is 10.2. The normalized spacial score (nSPS) is 22.0. The fourth-order valence-corrected chi connectivity index (χ4v) is 3.03. The average Bonchev–Trinajstić information content (AvgIpc) is 3.17. The molecule has 16 heavy (non-hydrogen) atoms. The van der Waals surface area contributed by atoms with Crippen molar-refractivity contribution < 1.29 is 0 Å². The third-order valence-corrected chi connectivity index (χ3v) is 3.96. The monoisotopic (exact) mass is 215 g/mol. The second-order valence-corrected chi connectivity index (χ2v) is 5.27. The lowest BCUT2D eigenvalue weighted by atomic mass is 9.93. The van der Waals surface area contributed by atoms with Crippen LogP contribution in [0.3, 0.4) is 0 Å². The first-order valence-corrected chi connectivity index (χ1v) is 6.78. The topological polar surface area (TPSA) is 3.24 Å². The summed E-state index contributed by atoms with van der Waals surface area (Å²) in [6.45, 7) is 0. The molecule has 0 saturated heterocycles. The highest BCUT2D eigenvalue weighted by Gasteiger charge is 2.34. The van der Waals surface area contributed by atoms with E-state index in [4.69, 9.17) is 0 Å². The van der Waals surface area contributed by atoms with E-state index in [9.17, 15) is 0 Å². The molecule has 0 radical (unpaired) electrons. The molecule has 3 rings (SSSR count). The molecule has 2 saturated carbocycles. The molecule has 0 aromatic heterocycles. The van der Waals surface area contributed by atoms with Crippen LogP contribution >= 0.6 is 0 Å². The molecule has 0 amide bonds. The van der Waals surface area contributed by atoms with Crippen molar-refractivity contribution in [2.45, 2.75) is 57.0 Å². The molecule has 2 aliphatic carbocycles. The zero-order valence-electron chi connectivity index (χ0n) is 9.94. The van der Waals surface area contributed by atoms with E-state index in [1.54, 1.807) is 0 Å². The van der Waals surface area contributed by atoms with E-state index >= 15 is 0 Å². The van der Waals surface area contributed by atoms with Gasteiger partial charge in [-0.3, -0.25) is 0 Å². The number of hydrogen-bond donors (Lipinski definition) is 0. The molecule has 0 unspecified atom stereocenters. The third-order valence-electron chi connectivity index (χ3n) is 3.96. The van der Waals surface area contributed by atoms with Gasteiger partial charge in [-0.05, 0) is 37.8 Å². The van der Waals surface area contributed by atoms with Crippen molar-refractivity contribution in [3.05, 3.63) is 30.3 Å². The van der Waals surface area contributed by atoms with Gasteiger partial charge in [0.2, 0.25) is 0 Å². The van der Waals surface area contributed by atoms with Crippen LogP contribution in [-0.2, 0) is 0 Å². The number of para-hydroxylation sites is 1. The van der Waals surface area contributed by atoms with Crippen LogP contribution in [0.5, 0.6) is 0 Å². The van der Waals surface area contributed by atoms with Crippen molar-refractivity contribution in [2.75, 3.05) is 4.90 Å². The predicted octanol–water partition coefficient (Wildman–Crippen LogP) is 3.99. The van der Waals surface area contributed by atoms with Crippen LogP contribution in [0.25, 0.3) is 0 Å². The van der Waals surface area contributed by atoms with Crippen molar-refractivity contribution in [1.29, 1.82) is 0 Å². The molecule has 1 aromatic carbocycles. The van der Waals surface area contributed by atoms with Crippen LogP contribution in [0.4, 0.5) is 5.69 Å². The first-order chi connectivity index (χ1) is 7.95. The summed E-state index contributed by atoms with van der Waals surface area (Å²) in [6.07, 6.45) is 9.94. The summed E-state index contributed by atoms with van der Waals surface area (Å²) >= 11 is 0. The summed E-state index contributed by atoms with van der Waals surface area (Å²) in [5.41, 5.74) is 1.46. The lowest BCUT2D eigenvalue weighted by Crippen LogP contribution is -2.38. The fourth-order valence-electron chi connectivity index (χ4n) is 3.03. The standard InChI is InChI=1S/C15H21N/c1-3-7-13(8-4-1)16(15-11-12-15)14-9-5-2-6-10-14/h1,3-4,7-8,14-15H,2,5-6,9-12H2. The van der Waals surface area contributed by atoms with Gasteiger partial charge in [0, 0.05) is 17.8 Å². The van der Waals surface area contributed by atoms with Crippen LogP contribution < -0.4 is 4.90 Å². The molecule has 2 fully saturated rings. The summed E-state index contributed by atoms with van der Waals surface area (Å²) in [5, 5.41) is 0. The van der Waals surface area contributed by atoms with Gasteiger partial charge in [0.15, 0.2) is 0 Å². The SMILES string of the molecule is c1ccc(N(C2CCCCC2)C2CC2)cc1. The first-order valence-electron chi connectivity index (χ1n) is 6.78. The minimum absolute atomic E-state index is 0.823. The fraction of sp³-hybridized carbons (Fsp3) is 0.600. The highest BCUT2D eigenvalue weighted by atomic mass is 15.2. The Kier molecular flexibility index (Phi) is 2.86. The molecule has 1 aromatic rings. The third kappa shape index (κ3) is 2.09. The van der Waals surface area contributed by atoms with Gasteiger partial charge in [-0.25, -0.2) is 0 Å². The second kappa shape index (κ2) is 4.48. The largest absolute Gasteiger partial charge is 0.366 e. The minimum atomic E-state index is 0.823. The molecular formula is C15H21N. The van der Waals surface area contributed by atoms with E-state index in [1.807, 2.05) is 0 Å². The molecule has 86 valence electrons. The van der Waals surface area contributed by atoms with E-state index in [0.29, 0.717) is 0 Å². The molecule has 1 nitrogen and oxygen atoms in total. The summed E-state index contributed by atoms with van der Waals surface area (Å²) in [7, 11) is 0. The molecule has 0 heterocycles. The van der Waals surface area contributed by atoms with Crippen LogP contribution in [0.15, 0.2) is 30.3 Å². The Morgan fingerprint density at radius 3 is 2.00 bits per heavy atom. The van der Waals surface area contributed by atoms with Gasteiger partial charge in [-0.1, -0.05) is 37.5 Å². The number of nitrogens with zero attached hydrogens (tertiary/aromatic N) is 1. The van der Waals surface area contributed by atoms with E-state index in [1.165, 1.54) is 50.6 Å². The van der Waals surface area contributed by atoms with Crippen LogP contribution in [0, 0.1) is 0 Å². The van der Waals surface area contributed by atoms with E-state index in [0.717, 1.165) is 12.1 Å².